The van der Waals surface area contributed by atoms with Crippen LogP contribution in [0.3, 0.4) is 0 Å². The predicted molar refractivity (Wildman–Crippen MR) is 167 cm³/mol. The zero-order chi connectivity index (χ0) is 30.1. The van der Waals surface area contributed by atoms with Gasteiger partial charge in [0.25, 0.3) is 0 Å². The van der Waals surface area contributed by atoms with Crippen molar-refractivity contribution in [2.75, 3.05) is 20.2 Å². The molecule has 2 aromatic heterocycles. The van der Waals surface area contributed by atoms with Gasteiger partial charge in [0.05, 0.1) is 28.9 Å². The highest BCUT2D eigenvalue weighted by atomic mass is 35.5. The van der Waals surface area contributed by atoms with Crippen LogP contribution in [0.15, 0.2) is 79.4 Å². The number of rotatable bonds is 7. The van der Waals surface area contributed by atoms with E-state index >= 15 is 0 Å². The molecule has 1 fully saturated rings. The van der Waals surface area contributed by atoms with Crippen LogP contribution in [0.1, 0.15) is 43.4 Å². The highest BCUT2D eigenvalue weighted by Crippen LogP contribution is 2.48. The largest absolute Gasteiger partial charge is 0.481 e. The van der Waals surface area contributed by atoms with Gasteiger partial charge in [-0.05, 0) is 60.1 Å². The Hall–Kier alpha value is -4.01. The Kier molecular flexibility index (Phi) is 8.07. The summed E-state index contributed by atoms with van der Waals surface area (Å²) in [5.74, 6) is 0.534. The van der Waals surface area contributed by atoms with Gasteiger partial charge in [-0.3, -0.25) is 4.79 Å². The van der Waals surface area contributed by atoms with Crippen molar-refractivity contribution in [1.29, 1.82) is 0 Å². The van der Waals surface area contributed by atoms with E-state index in [-0.39, 0.29) is 23.7 Å². The van der Waals surface area contributed by atoms with Crippen molar-refractivity contribution in [3.8, 4) is 11.6 Å². The quantitative estimate of drug-likeness (QED) is 0.285. The molecule has 2 aliphatic rings. The van der Waals surface area contributed by atoms with Crippen LogP contribution in [0.2, 0.25) is 5.02 Å². The molecule has 6 rings (SSSR count). The van der Waals surface area contributed by atoms with E-state index in [2.05, 4.69) is 29.2 Å². The number of likely N-dealkylation sites (tertiary alicyclic amines) is 1. The van der Waals surface area contributed by atoms with E-state index in [1.165, 1.54) is 6.33 Å². The molecular weight excluding hydrogens is 562 g/mol. The summed E-state index contributed by atoms with van der Waals surface area (Å²) in [5, 5.41) is 18.3. The van der Waals surface area contributed by atoms with Crippen LogP contribution in [0.4, 0.5) is 0 Å². The standard InChI is InChI=1S/C34H36ClN5O3/c1-22-6-4-5-7-30(22)34(42,25-14-16-39(17-15-25)23(2)41)26-10-13-31-28(19-26)32(35)29(33(38-31)43-3)18-24-8-11-27(12-9-24)40-21-36-20-37-40/h4-13,19-22,25,30,42H,14-18H2,1-3H3. The molecule has 2 aromatic carbocycles. The molecular formula is C34H36ClN5O3. The molecule has 8 nitrogen and oxygen atoms in total. The maximum Gasteiger partial charge on any atom is 0.219 e. The normalized spacial score (nSPS) is 20.3. The van der Waals surface area contributed by atoms with Gasteiger partial charge in [0.1, 0.15) is 12.7 Å². The highest BCUT2D eigenvalue weighted by Gasteiger charge is 2.47. The van der Waals surface area contributed by atoms with E-state index in [0.717, 1.165) is 40.6 Å². The molecule has 0 bridgehead atoms. The average Bonchev–Trinajstić information content (AvgIpc) is 3.58. The molecule has 0 saturated carbocycles. The molecule has 9 heteroatoms. The Morgan fingerprint density at radius 1 is 1.12 bits per heavy atom. The van der Waals surface area contributed by atoms with Gasteiger partial charge in [-0.1, -0.05) is 61.0 Å². The molecule has 3 heterocycles. The van der Waals surface area contributed by atoms with Crippen molar-refractivity contribution in [3.05, 3.63) is 101 Å². The number of amides is 1. The molecule has 1 amide bonds. The van der Waals surface area contributed by atoms with Crippen molar-refractivity contribution < 1.29 is 14.6 Å². The van der Waals surface area contributed by atoms with Gasteiger partial charge in [-0.25, -0.2) is 14.6 Å². The molecule has 1 saturated heterocycles. The number of fused-ring (bicyclic) bond motifs is 1. The average molecular weight is 598 g/mol. The number of nitrogens with zero attached hydrogens (tertiary/aromatic N) is 5. The third-order valence-corrected chi connectivity index (χ3v) is 9.55. The Bertz CT molecular complexity index is 1680. The maximum atomic E-state index is 12.8. The zero-order valence-corrected chi connectivity index (χ0v) is 25.4. The number of methoxy groups -OCH3 is 1. The fourth-order valence-corrected chi connectivity index (χ4v) is 7.03. The third-order valence-electron chi connectivity index (χ3n) is 9.12. The molecule has 0 radical (unpaired) electrons. The van der Waals surface area contributed by atoms with Crippen molar-refractivity contribution in [2.24, 2.45) is 17.8 Å². The third kappa shape index (κ3) is 5.45. The van der Waals surface area contributed by atoms with Crippen molar-refractivity contribution in [2.45, 2.75) is 38.7 Å². The summed E-state index contributed by atoms with van der Waals surface area (Å²) >= 11 is 7.17. The van der Waals surface area contributed by atoms with E-state index in [0.29, 0.717) is 35.9 Å². The molecule has 1 aliphatic heterocycles. The topological polar surface area (TPSA) is 93.4 Å². The molecule has 222 valence electrons. The first-order valence-electron chi connectivity index (χ1n) is 14.7. The van der Waals surface area contributed by atoms with Crippen molar-refractivity contribution in [3.63, 3.8) is 0 Å². The lowest BCUT2D eigenvalue weighted by Crippen LogP contribution is -2.49. The minimum atomic E-state index is -1.15. The van der Waals surface area contributed by atoms with E-state index in [4.69, 9.17) is 21.3 Å². The fourth-order valence-electron chi connectivity index (χ4n) is 6.73. The van der Waals surface area contributed by atoms with Gasteiger partial charge in [0.15, 0.2) is 0 Å². The second-order valence-corrected chi connectivity index (χ2v) is 12.0. The zero-order valence-electron chi connectivity index (χ0n) is 24.7. The van der Waals surface area contributed by atoms with Crippen LogP contribution in [0.5, 0.6) is 5.88 Å². The Balaban J connectivity index is 1.40. The van der Waals surface area contributed by atoms with Crippen LogP contribution in [0, 0.1) is 17.8 Å². The monoisotopic (exact) mass is 597 g/mol. The molecule has 43 heavy (non-hydrogen) atoms. The lowest BCUT2D eigenvalue weighted by molar-refractivity contribution is -0.134. The molecule has 1 N–H and O–H groups in total. The van der Waals surface area contributed by atoms with Crippen LogP contribution >= 0.6 is 11.6 Å². The van der Waals surface area contributed by atoms with Gasteiger partial charge in [-0.2, -0.15) is 5.10 Å². The van der Waals surface area contributed by atoms with Gasteiger partial charge in [-0.15, -0.1) is 0 Å². The summed E-state index contributed by atoms with van der Waals surface area (Å²) < 4.78 is 7.41. The number of pyridine rings is 1. The number of piperidine rings is 1. The fraction of sp³-hybridized carbons (Fsp3) is 0.353. The van der Waals surface area contributed by atoms with Crippen molar-refractivity contribution >= 4 is 28.4 Å². The minimum absolute atomic E-state index is 0.0305. The first kappa shape index (κ1) is 29.1. The van der Waals surface area contributed by atoms with Gasteiger partial charge in [0, 0.05) is 43.3 Å². The molecule has 0 spiro atoms. The summed E-state index contributed by atoms with van der Waals surface area (Å²) in [6, 6.07) is 14.0. The Morgan fingerprint density at radius 2 is 1.86 bits per heavy atom. The second-order valence-electron chi connectivity index (χ2n) is 11.6. The van der Waals surface area contributed by atoms with Crippen molar-refractivity contribution in [1.82, 2.24) is 24.6 Å². The number of allylic oxidation sites excluding steroid dienone is 3. The number of halogens is 1. The Labute approximate surface area is 256 Å². The number of aromatic nitrogens is 4. The number of hydrogen-bond donors (Lipinski definition) is 1. The van der Waals surface area contributed by atoms with E-state index in [1.54, 1.807) is 25.0 Å². The van der Waals surface area contributed by atoms with E-state index in [1.807, 2.05) is 59.5 Å². The first-order chi connectivity index (χ1) is 20.8. The highest BCUT2D eigenvalue weighted by molar-refractivity contribution is 6.36. The van der Waals surface area contributed by atoms with Crippen LogP contribution in [-0.4, -0.2) is 55.9 Å². The SMILES string of the molecule is COc1nc2ccc(C(O)(C3CCN(C(C)=O)CC3)C3C=CC=CC3C)cc2c(Cl)c1Cc1ccc(-n2cncn2)cc1. The van der Waals surface area contributed by atoms with E-state index < -0.39 is 5.60 Å². The number of carbonyl (C=O) groups is 1. The lowest BCUT2D eigenvalue weighted by Gasteiger charge is -2.47. The number of hydrogen-bond acceptors (Lipinski definition) is 6. The number of benzene rings is 2. The van der Waals surface area contributed by atoms with Crippen LogP contribution in [-0.2, 0) is 16.8 Å². The molecule has 4 aromatic rings. The summed E-state index contributed by atoms with van der Waals surface area (Å²) in [6.45, 7) is 5.03. The van der Waals surface area contributed by atoms with E-state index in [9.17, 15) is 9.90 Å². The smallest absolute Gasteiger partial charge is 0.219 e. The van der Waals surface area contributed by atoms with Gasteiger partial charge in [0.2, 0.25) is 11.8 Å². The van der Waals surface area contributed by atoms with Gasteiger partial charge < -0.3 is 14.7 Å². The second kappa shape index (κ2) is 11.9. The summed E-state index contributed by atoms with van der Waals surface area (Å²) in [5.41, 5.74) is 3.11. The van der Waals surface area contributed by atoms with Crippen LogP contribution in [0.25, 0.3) is 16.6 Å². The first-order valence-corrected chi connectivity index (χ1v) is 15.1. The molecule has 1 aliphatic carbocycles. The molecule has 3 unspecified atom stereocenters. The summed E-state index contributed by atoms with van der Waals surface area (Å²) in [7, 11) is 1.60. The number of ether oxygens (including phenoxy) is 1. The van der Waals surface area contributed by atoms with Crippen LogP contribution < -0.4 is 4.74 Å². The van der Waals surface area contributed by atoms with Gasteiger partial charge >= 0.3 is 0 Å². The summed E-state index contributed by atoms with van der Waals surface area (Å²) in [4.78, 5) is 22.8. The maximum absolute atomic E-state index is 12.8. The predicted octanol–water partition coefficient (Wildman–Crippen LogP) is 5.89. The minimum Gasteiger partial charge on any atom is -0.481 e. The molecule has 3 atom stereocenters. The lowest BCUT2D eigenvalue weighted by atomic mass is 9.64. The summed E-state index contributed by atoms with van der Waals surface area (Å²) in [6.07, 6.45) is 13.5. The number of aliphatic hydroxyl groups is 1. The Morgan fingerprint density at radius 3 is 2.51 bits per heavy atom. The number of carbonyl (C=O) groups excluding carboxylic acids is 1.